The van der Waals surface area contributed by atoms with Gasteiger partial charge in [0, 0.05) is 5.69 Å². The van der Waals surface area contributed by atoms with E-state index >= 15 is 0 Å². The van der Waals surface area contributed by atoms with Crippen molar-refractivity contribution in [3.8, 4) is 6.07 Å². The fourth-order valence-electron chi connectivity index (χ4n) is 1.76. The van der Waals surface area contributed by atoms with E-state index in [0.29, 0.717) is 11.3 Å². The molecule has 0 unspecified atom stereocenters. The number of anilines is 1. The van der Waals surface area contributed by atoms with Crippen LogP contribution in [0.2, 0.25) is 0 Å². The number of carboxylic acid groups (broad SMARTS) is 1. The molecule has 1 amide bonds. The smallest absolute Gasteiger partial charge is 0.335 e. The van der Waals surface area contributed by atoms with Crippen molar-refractivity contribution in [1.29, 1.82) is 5.26 Å². The number of rotatable bonds is 4. The molecule has 2 rings (SSSR count). The van der Waals surface area contributed by atoms with Gasteiger partial charge in [-0.05, 0) is 35.9 Å². The lowest BCUT2D eigenvalue weighted by Crippen LogP contribution is -2.13. The van der Waals surface area contributed by atoms with E-state index in [1.54, 1.807) is 24.3 Å². The summed E-state index contributed by atoms with van der Waals surface area (Å²) in [4.78, 5) is 22.8. The van der Waals surface area contributed by atoms with Gasteiger partial charge in [0.2, 0.25) is 0 Å². The number of carboxylic acids is 1. The monoisotopic (exact) mass is 292 g/mol. The van der Waals surface area contributed by atoms with E-state index in [1.807, 2.05) is 12.1 Å². The minimum absolute atomic E-state index is 0.0630. The normalized spacial score (nSPS) is 10.6. The first kappa shape index (κ1) is 15.0. The van der Waals surface area contributed by atoms with Crippen LogP contribution in [0.3, 0.4) is 0 Å². The van der Waals surface area contributed by atoms with Crippen LogP contribution in [0.4, 0.5) is 5.69 Å². The lowest BCUT2D eigenvalue weighted by Gasteiger charge is -2.03. The standard InChI is InChI=1S/C17H12N2O3/c18-11-14(16(20)19-15-4-2-1-3-5-15)10-12-6-8-13(9-7-12)17(21)22/h1-10H,(H,19,20)(H,21,22)/b14-10-. The topological polar surface area (TPSA) is 90.2 Å². The molecular formula is C17H12N2O3. The number of aromatic carboxylic acids is 1. The first-order valence-electron chi connectivity index (χ1n) is 6.41. The Balaban J connectivity index is 2.18. The van der Waals surface area contributed by atoms with Crippen molar-refractivity contribution in [3.05, 3.63) is 71.3 Å². The average Bonchev–Trinajstić information content (AvgIpc) is 2.53. The number of carbonyl (C=O) groups excluding carboxylic acids is 1. The van der Waals surface area contributed by atoms with Crippen molar-refractivity contribution in [3.63, 3.8) is 0 Å². The summed E-state index contributed by atoms with van der Waals surface area (Å²) in [6.45, 7) is 0. The molecule has 0 aromatic heterocycles. The highest BCUT2D eigenvalue weighted by Gasteiger charge is 2.09. The summed E-state index contributed by atoms with van der Waals surface area (Å²) >= 11 is 0. The molecule has 2 N–H and O–H groups in total. The van der Waals surface area contributed by atoms with E-state index in [9.17, 15) is 9.59 Å². The Morgan fingerprint density at radius 2 is 1.68 bits per heavy atom. The predicted molar refractivity (Wildman–Crippen MR) is 82.1 cm³/mol. The van der Waals surface area contributed by atoms with Gasteiger partial charge in [-0.15, -0.1) is 0 Å². The number of nitriles is 1. The summed E-state index contributed by atoms with van der Waals surface area (Å²) in [5.74, 6) is -1.55. The van der Waals surface area contributed by atoms with E-state index in [1.165, 1.54) is 30.3 Å². The summed E-state index contributed by atoms with van der Waals surface area (Å²) in [7, 11) is 0. The van der Waals surface area contributed by atoms with Crippen LogP contribution in [0, 0.1) is 11.3 Å². The van der Waals surface area contributed by atoms with Crippen LogP contribution >= 0.6 is 0 Å². The highest BCUT2D eigenvalue weighted by atomic mass is 16.4. The van der Waals surface area contributed by atoms with Crippen LogP contribution in [-0.2, 0) is 4.79 Å². The maximum atomic E-state index is 12.0. The van der Waals surface area contributed by atoms with Crippen molar-refractivity contribution in [2.45, 2.75) is 0 Å². The highest BCUT2D eigenvalue weighted by molar-refractivity contribution is 6.09. The van der Waals surface area contributed by atoms with E-state index in [2.05, 4.69) is 5.32 Å². The Labute approximate surface area is 127 Å². The maximum Gasteiger partial charge on any atom is 0.335 e. The summed E-state index contributed by atoms with van der Waals surface area (Å²) in [6, 6.07) is 16.5. The molecule has 0 aliphatic carbocycles. The van der Waals surface area contributed by atoms with Gasteiger partial charge in [0.1, 0.15) is 11.6 Å². The van der Waals surface area contributed by atoms with Crippen molar-refractivity contribution in [2.24, 2.45) is 0 Å². The lowest BCUT2D eigenvalue weighted by molar-refractivity contribution is -0.112. The van der Waals surface area contributed by atoms with E-state index in [4.69, 9.17) is 10.4 Å². The number of nitrogens with zero attached hydrogens (tertiary/aromatic N) is 1. The molecule has 0 aliphatic rings. The third-order valence-corrected chi connectivity index (χ3v) is 2.87. The van der Waals surface area contributed by atoms with Crippen LogP contribution in [-0.4, -0.2) is 17.0 Å². The number of hydrogen-bond acceptors (Lipinski definition) is 3. The van der Waals surface area contributed by atoms with Gasteiger partial charge in [0.15, 0.2) is 0 Å². The Hall–Kier alpha value is -3.39. The second-order valence-electron chi connectivity index (χ2n) is 4.42. The number of carbonyl (C=O) groups is 2. The molecule has 2 aromatic carbocycles. The molecule has 0 atom stereocenters. The van der Waals surface area contributed by atoms with Crippen molar-refractivity contribution in [2.75, 3.05) is 5.32 Å². The zero-order valence-electron chi connectivity index (χ0n) is 11.5. The number of para-hydroxylation sites is 1. The van der Waals surface area contributed by atoms with Gasteiger partial charge in [-0.1, -0.05) is 30.3 Å². The molecule has 0 fully saturated rings. The van der Waals surface area contributed by atoms with Crippen molar-refractivity contribution >= 4 is 23.6 Å². The second-order valence-corrected chi connectivity index (χ2v) is 4.42. The Bertz CT molecular complexity index is 757. The van der Waals surface area contributed by atoms with Gasteiger partial charge in [0.25, 0.3) is 5.91 Å². The molecule has 108 valence electrons. The van der Waals surface area contributed by atoms with E-state index in [-0.39, 0.29) is 11.1 Å². The first-order valence-corrected chi connectivity index (χ1v) is 6.41. The van der Waals surface area contributed by atoms with Crippen LogP contribution in [0.5, 0.6) is 0 Å². The summed E-state index contributed by atoms with van der Waals surface area (Å²) in [6.07, 6.45) is 1.41. The molecule has 0 bridgehead atoms. The number of nitrogens with one attached hydrogen (secondary N) is 1. The van der Waals surface area contributed by atoms with Gasteiger partial charge >= 0.3 is 5.97 Å². The molecule has 2 aromatic rings. The molecule has 0 heterocycles. The predicted octanol–water partition coefficient (Wildman–Crippen LogP) is 2.93. The Morgan fingerprint density at radius 1 is 1.05 bits per heavy atom. The first-order chi connectivity index (χ1) is 10.6. The van der Waals surface area contributed by atoms with Crippen LogP contribution < -0.4 is 5.32 Å². The zero-order valence-corrected chi connectivity index (χ0v) is 11.5. The Morgan fingerprint density at radius 3 is 2.23 bits per heavy atom. The molecule has 5 heteroatoms. The van der Waals surface area contributed by atoms with Crippen LogP contribution in [0.15, 0.2) is 60.2 Å². The molecule has 0 aliphatic heterocycles. The summed E-state index contributed by atoms with van der Waals surface area (Å²) < 4.78 is 0. The van der Waals surface area contributed by atoms with Crippen molar-refractivity contribution in [1.82, 2.24) is 0 Å². The number of amides is 1. The summed E-state index contributed by atoms with van der Waals surface area (Å²) in [5.41, 5.74) is 1.25. The Kier molecular flexibility index (Phi) is 4.68. The number of hydrogen-bond donors (Lipinski definition) is 2. The average molecular weight is 292 g/mol. The molecular weight excluding hydrogens is 280 g/mol. The van der Waals surface area contributed by atoms with Gasteiger partial charge in [-0.3, -0.25) is 4.79 Å². The van der Waals surface area contributed by atoms with Crippen LogP contribution in [0.25, 0.3) is 6.08 Å². The van der Waals surface area contributed by atoms with Gasteiger partial charge in [-0.25, -0.2) is 4.79 Å². The number of benzene rings is 2. The molecule has 0 saturated heterocycles. The third-order valence-electron chi connectivity index (χ3n) is 2.87. The largest absolute Gasteiger partial charge is 0.478 e. The minimum atomic E-state index is -1.03. The van der Waals surface area contributed by atoms with Crippen molar-refractivity contribution < 1.29 is 14.7 Å². The lowest BCUT2D eigenvalue weighted by atomic mass is 10.1. The van der Waals surface area contributed by atoms with Gasteiger partial charge in [-0.2, -0.15) is 5.26 Å². The van der Waals surface area contributed by atoms with Gasteiger partial charge in [0.05, 0.1) is 5.56 Å². The van der Waals surface area contributed by atoms with Crippen LogP contribution in [0.1, 0.15) is 15.9 Å². The zero-order chi connectivity index (χ0) is 15.9. The quantitative estimate of drug-likeness (QED) is 0.669. The third kappa shape index (κ3) is 3.81. The van der Waals surface area contributed by atoms with E-state index in [0.717, 1.165) is 0 Å². The van der Waals surface area contributed by atoms with E-state index < -0.39 is 11.9 Å². The molecule has 22 heavy (non-hydrogen) atoms. The SMILES string of the molecule is N#C/C(=C/c1ccc(C(=O)O)cc1)C(=O)Nc1ccccc1. The molecule has 5 nitrogen and oxygen atoms in total. The molecule has 0 radical (unpaired) electrons. The molecule has 0 spiro atoms. The van der Waals surface area contributed by atoms with Gasteiger partial charge < -0.3 is 10.4 Å². The maximum absolute atomic E-state index is 12.0. The second kappa shape index (κ2) is 6.86. The molecule has 0 saturated carbocycles. The summed E-state index contributed by atoms with van der Waals surface area (Å²) in [5, 5.41) is 20.5. The minimum Gasteiger partial charge on any atom is -0.478 e. The fourth-order valence-corrected chi connectivity index (χ4v) is 1.76. The highest BCUT2D eigenvalue weighted by Crippen LogP contribution is 2.12. The fraction of sp³-hybridized carbons (Fsp3) is 0.